The molecule has 0 radical (unpaired) electrons. The lowest BCUT2D eigenvalue weighted by atomic mass is 10.1. The van der Waals surface area contributed by atoms with Gasteiger partial charge in [0, 0.05) is 29.2 Å². The van der Waals surface area contributed by atoms with Gasteiger partial charge in [0.2, 0.25) is 0 Å². The number of rotatable bonds is 5. The van der Waals surface area contributed by atoms with Crippen molar-refractivity contribution in [2.45, 2.75) is 26.4 Å². The number of aryl methyl sites for hydroxylation is 1. The molecule has 0 saturated heterocycles. The average Bonchev–Trinajstić information content (AvgIpc) is 3.26. The first kappa shape index (κ1) is 15.4. The third-order valence-corrected chi connectivity index (χ3v) is 4.33. The number of carbonyl (C=O) groups is 1. The molecule has 7 heteroatoms. The van der Waals surface area contributed by atoms with Crippen molar-refractivity contribution in [2.75, 3.05) is 0 Å². The smallest absolute Gasteiger partial charge is 0.251 e. The van der Waals surface area contributed by atoms with Crippen molar-refractivity contribution in [1.82, 2.24) is 25.1 Å². The minimum atomic E-state index is -0.205. The monoisotopic (exact) mass is 327 g/mol. The fourth-order valence-corrected chi connectivity index (χ4v) is 2.97. The highest BCUT2D eigenvalue weighted by molar-refractivity contribution is 7.13. The Labute approximate surface area is 138 Å². The Morgan fingerprint density at radius 2 is 2.09 bits per heavy atom. The zero-order valence-corrected chi connectivity index (χ0v) is 13.7. The predicted octanol–water partition coefficient (Wildman–Crippen LogP) is 2.91. The van der Waals surface area contributed by atoms with Gasteiger partial charge in [-0.05, 0) is 26.0 Å². The van der Waals surface area contributed by atoms with Crippen LogP contribution in [-0.4, -0.2) is 25.7 Å². The van der Waals surface area contributed by atoms with Gasteiger partial charge in [0.25, 0.3) is 5.91 Å². The zero-order chi connectivity index (χ0) is 16.2. The molecule has 2 aromatic heterocycles. The standard InChI is InChI=1S/C16H17N5OS/c1-3-21-14(18-10-19-21)11(2)20-15(22)12-4-6-13(7-5-12)16-17-8-9-23-16/h4-11H,3H2,1-2H3,(H,20,22)/t11-/m1/s1. The van der Waals surface area contributed by atoms with Crippen molar-refractivity contribution in [3.63, 3.8) is 0 Å². The number of aromatic nitrogens is 4. The van der Waals surface area contributed by atoms with Gasteiger partial charge in [0.05, 0.1) is 6.04 Å². The van der Waals surface area contributed by atoms with E-state index in [0.717, 1.165) is 22.9 Å². The normalized spacial score (nSPS) is 12.1. The largest absolute Gasteiger partial charge is 0.342 e. The number of hydrogen-bond donors (Lipinski definition) is 1. The molecule has 0 spiro atoms. The van der Waals surface area contributed by atoms with Crippen molar-refractivity contribution in [3.8, 4) is 10.6 Å². The number of hydrogen-bond acceptors (Lipinski definition) is 5. The van der Waals surface area contributed by atoms with Crippen molar-refractivity contribution in [1.29, 1.82) is 0 Å². The van der Waals surface area contributed by atoms with E-state index >= 15 is 0 Å². The first-order valence-corrected chi connectivity index (χ1v) is 8.25. The van der Waals surface area contributed by atoms with Gasteiger partial charge in [-0.15, -0.1) is 11.3 Å². The summed E-state index contributed by atoms with van der Waals surface area (Å²) in [5, 5.41) is 9.95. The third kappa shape index (κ3) is 3.29. The highest BCUT2D eigenvalue weighted by Gasteiger charge is 2.16. The van der Waals surface area contributed by atoms with E-state index in [-0.39, 0.29) is 11.9 Å². The molecule has 6 nitrogen and oxygen atoms in total. The molecule has 0 fully saturated rings. The highest BCUT2D eigenvalue weighted by atomic mass is 32.1. The SMILES string of the molecule is CCn1ncnc1[C@@H](C)NC(=O)c1ccc(-c2nccs2)cc1. The molecule has 0 aliphatic heterocycles. The van der Waals surface area contributed by atoms with Crippen molar-refractivity contribution in [3.05, 3.63) is 53.6 Å². The maximum absolute atomic E-state index is 12.4. The molecule has 0 unspecified atom stereocenters. The molecule has 0 aliphatic carbocycles. The van der Waals surface area contributed by atoms with Crippen LogP contribution in [-0.2, 0) is 6.54 Å². The van der Waals surface area contributed by atoms with Gasteiger partial charge in [0.15, 0.2) is 0 Å². The van der Waals surface area contributed by atoms with Crippen LogP contribution in [0.5, 0.6) is 0 Å². The maximum atomic E-state index is 12.4. The van der Waals surface area contributed by atoms with E-state index in [1.165, 1.54) is 6.33 Å². The number of thiazole rings is 1. The summed E-state index contributed by atoms with van der Waals surface area (Å²) < 4.78 is 1.77. The quantitative estimate of drug-likeness (QED) is 0.782. The summed E-state index contributed by atoms with van der Waals surface area (Å²) in [5.41, 5.74) is 1.62. The Hall–Kier alpha value is -2.54. The molecule has 3 rings (SSSR count). The fraction of sp³-hybridized carbons (Fsp3) is 0.250. The molecule has 118 valence electrons. The molecule has 23 heavy (non-hydrogen) atoms. The second-order valence-corrected chi connectivity index (χ2v) is 5.94. The van der Waals surface area contributed by atoms with Crippen LogP contribution in [0.15, 0.2) is 42.2 Å². The number of carbonyl (C=O) groups excluding carboxylic acids is 1. The van der Waals surface area contributed by atoms with Gasteiger partial charge in [-0.3, -0.25) is 4.79 Å². The van der Waals surface area contributed by atoms with Crippen LogP contribution in [0.2, 0.25) is 0 Å². The van der Waals surface area contributed by atoms with E-state index in [9.17, 15) is 4.79 Å². The summed E-state index contributed by atoms with van der Waals surface area (Å²) in [7, 11) is 0. The van der Waals surface area contributed by atoms with E-state index < -0.39 is 0 Å². The number of nitrogens with one attached hydrogen (secondary N) is 1. The number of benzene rings is 1. The molecule has 1 atom stereocenters. The molecule has 1 amide bonds. The molecular weight excluding hydrogens is 310 g/mol. The average molecular weight is 327 g/mol. The maximum Gasteiger partial charge on any atom is 0.251 e. The summed E-state index contributed by atoms with van der Waals surface area (Å²) in [4.78, 5) is 20.8. The lowest BCUT2D eigenvalue weighted by Crippen LogP contribution is -2.28. The summed E-state index contributed by atoms with van der Waals surface area (Å²) in [6.45, 7) is 4.61. The predicted molar refractivity (Wildman–Crippen MR) is 89.1 cm³/mol. The van der Waals surface area contributed by atoms with Crippen LogP contribution in [0.25, 0.3) is 10.6 Å². The lowest BCUT2D eigenvalue weighted by Gasteiger charge is -2.14. The van der Waals surface area contributed by atoms with Crippen molar-refractivity contribution in [2.24, 2.45) is 0 Å². The van der Waals surface area contributed by atoms with Crippen molar-refractivity contribution >= 4 is 17.2 Å². The van der Waals surface area contributed by atoms with Gasteiger partial charge in [-0.2, -0.15) is 5.10 Å². The lowest BCUT2D eigenvalue weighted by molar-refractivity contribution is 0.0937. The number of amides is 1. The Balaban J connectivity index is 1.71. The first-order chi connectivity index (χ1) is 11.2. The molecule has 1 aromatic carbocycles. The second kappa shape index (κ2) is 6.70. The molecular formula is C16H17N5OS. The van der Waals surface area contributed by atoms with Gasteiger partial charge in [-0.1, -0.05) is 12.1 Å². The van der Waals surface area contributed by atoms with Gasteiger partial charge >= 0.3 is 0 Å². The van der Waals surface area contributed by atoms with Gasteiger partial charge < -0.3 is 5.32 Å². The van der Waals surface area contributed by atoms with Crippen LogP contribution in [0.4, 0.5) is 0 Å². The highest BCUT2D eigenvalue weighted by Crippen LogP contribution is 2.22. The molecule has 0 bridgehead atoms. The molecule has 3 aromatic rings. The molecule has 0 saturated carbocycles. The molecule has 1 N–H and O–H groups in total. The van der Waals surface area contributed by atoms with Crippen LogP contribution < -0.4 is 5.32 Å². The minimum absolute atomic E-state index is 0.131. The van der Waals surface area contributed by atoms with E-state index in [1.807, 2.05) is 43.5 Å². The first-order valence-electron chi connectivity index (χ1n) is 7.37. The minimum Gasteiger partial charge on any atom is -0.342 e. The summed E-state index contributed by atoms with van der Waals surface area (Å²) in [6.07, 6.45) is 3.27. The zero-order valence-electron chi connectivity index (χ0n) is 12.9. The van der Waals surface area contributed by atoms with E-state index in [2.05, 4.69) is 20.4 Å². The molecule has 2 heterocycles. The number of nitrogens with zero attached hydrogens (tertiary/aromatic N) is 4. The summed E-state index contributed by atoms with van der Waals surface area (Å²) in [5.74, 6) is 0.620. The third-order valence-electron chi connectivity index (χ3n) is 3.51. The van der Waals surface area contributed by atoms with E-state index in [1.54, 1.807) is 22.2 Å². The second-order valence-electron chi connectivity index (χ2n) is 5.04. The van der Waals surface area contributed by atoms with E-state index in [4.69, 9.17) is 0 Å². The summed E-state index contributed by atoms with van der Waals surface area (Å²) >= 11 is 1.57. The van der Waals surface area contributed by atoms with Crippen LogP contribution >= 0.6 is 11.3 Å². The fourth-order valence-electron chi connectivity index (χ4n) is 2.33. The molecule has 0 aliphatic rings. The Morgan fingerprint density at radius 1 is 1.30 bits per heavy atom. The van der Waals surface area contributed by atoms with Crippen LogP contribution in [0.1, 0.15) is 36.1 Å². The topological polar surface area (TPSA) is 72.7 Å². The van der Waals surface area contributed by atoms with E-state index in [0.29, 0.717) is 5.56 Å². The Kier molecular flexibility index (Phi) is 4.47. The Morgan fingerprint density at radius 3 is 2.74 bits per heavy atom. The van der Waals surface area contributed by atoms with Crippen LogP contribution in [0, 0.1) is 0 Å². The van der Waals surface area contributed by atoms with Crippen molar-refractivity contribution < 1.29 is 4.79 Å². The summed E-state index contributed by atoms with van der Waals surface area (Å²) in [6, 6.07) is 7.23. The van der Waals surface area contributed by atoms with Gasteiger partial charge in [-0.25, -0.2) is 14.6 Å². The van der Waals surface area contributed by atoms with Crippen LogP contribution in [0.3, 0.4) is 0 Å². The van der Waals surface area contributed by atoms with Gasteiger partial charge in [0.1, 0.15) is 17.2 Å². The Bertz CT molecular complexity index is 779.